The smallest absolute Gasteiger partial charge is 0.313 e. The largest absolute Gasteiger partial charge is 0.325 e. The molecule has 9 heteroatoms. The van der Waals surface area contributed by atoms with Crippen molar-refractivity contribution < 1.29 is 8.78 Å². The van der Waals surface area contributed by atoms with Gasteiger partial charge in [-0.05, 0) is 24.0 Å². The van der Waals surface area contributed by atoms with Crippen LogP contribution in [-0.4, -0.2) is 26.6 Å². The molecule has 1 aliphatic carbocycles. The third kappa shape index (κ3) is 2.39. The second-order valence-electron chi connectivity index (χ2n) is 4.97. The van der Waals surface area contributed by atoms with E-state index >= 15 is 0 Å². The Balaban J connectivity index is 2.07. The van der Waals surface area contributed by atoms with Crippen LogP contribution in [0.5, 0.6) is 0 Å². The highest BCUT2D eigenvalue weighted by molar-refractivity contribution is 5.58. The van der Waals surface area contributed by atoms with Gasteiger partial charge in [-0.3, -0.25) is 9.78 Å². The molecule has 7 nitrogen and oxygen atoms in total. The fraction of sp³-hybridized carbons (Fsp3) is 0.308. The van der Waals surface area contributed by atoms with Crippen molar-refractivity contribution in [2.45, 2.75) is 18.8 Å². The van der Waals surface area contributed by atoms with Crippen LogP contribution >= 0.6 is 0 Å². The predicted molar refractivity (Wildman–Crippen MR) is 70.3 cm³/mol. The summed E-state index contributed by atoms with van der Waals surface area (Å²) in [4.78, 5) is 27.1. The molecule has 0 spiro atoms. The Morgan fingerprint density at radius 2 is 2.14 bits per heavy atom. The molecule has 0 bridgehead atoms. The standard InChI is InChI=1S/C13H9F2N5O2/c14-11(15)7-1-5(7)6-2-9(19-20-10(6)3-16)8-4-17-13(22)18-12(8)21/h2,4-5,7,11H,1H2,(H2,17,18,21,22)/t5-,7+/m1/s1. The third-order valence-electron chi connectivity index (χ3n) is 3.59. The number of aromatic nitrogens is 4. The van der Waals surface area contributed by atoms with Gasteiger partial charge in [-0.1, -0.05) is 0 Å². The highest BCUT2D eigenvalue weighted by Crippen LogP contribution is 2.51. The number of hydrogen-bond donors (Lipinski definition) is 2. The maximum absolute atomic E-state index is 12.7. The van der Waals surface area contributed by atoms with Crippen LogP contribution < -0.4 is 11.2 Å². The van der Waals surface area contributed by atoms with Gasteiger partial charge in [0.2, 0.25) is 6.43 Å². The lowest BCUT2D eigenvalue weighted by molar-refractivity contribution is 0.120. The Hall–Kier alpha value is -2.89. The quantitative estimate of drug-likeness (QED) is 0.868. The summed E-state index contributed by atoms with van der Waals surface area (Å²) in [5.74, 6) is -1.27. The summed E-state index contributed by atoms with van der Waals surface area (Å²) in [6, 6.07) is 3.22. The van der Waals surface area contributed by atoms with Crippen molar-refractivity contribution in [1.29, 1.82) is 5.26 Å². The molecule has 0 radical (unpaired) electrons. The van der Waals surface area contributed by atoms with Crippen LogP contribution in [0, 0.1) is 17.2 Å². The first-order chi connectivity index (χ1) is 10.5. The van der Waals surface area contributed by atoms with Gasteiger partial charge < -0.3 is 4.98 Å². The van der Waals surface area contributed by atoms with E-state index in [4.69, 9.17) is 5.26 Å². The molecule has 2 aromatic rings. The van der Waals surface area contributed by atoms with E-state index in [1.807, 2.05) is 11.1 Å². The van der Waals surface area contributed by atoms with Crippen LogP contribution in [0.1, 0.15) is 23.6 Å². The van der Waals surface area contributed by atoms with Crippen LogP contribution in [0.3, 0.4) is 0 Å². The molecule has 2 N–H and O–H groups in total. The SMILES string of the molecule is N#Cc1nnc(-c2c[nH]c(=O)[nH]c2=O)cc1[C@H]1C[C@@H]1C(F)F. The predicted octanol–water partition coefficient (Wildman–Crippen LogP) is 0.760. The summed E-state index contributed by atoms with van der Waals surface area (Å²) in [7, 11) is 0. The molecule has 1 aliphatic rings. The monoisotopic (exact) mass is 305 g/mol. The summed E-state index contributed by atoms with van der Waals surface area (Å²) in [6.07, 6.45) is -1.04. The Morgan fingerprint density at radius 1 is 1.36 bits per heavy atom. The van der Waals surface area contributed by atoms with Gasteiger partial charge in [0.25, 0.3) is 5.56 Å². The van der Waals surface area contributed by atoms with Gasteiger partial charge in [0, 0.05) is 12.1 Å². The molecule has 1 saturated carbocycles. The normalized spacial score (nSPS) is 19.9. The van der Waals surface area contributed by atoms with E-state index in [-0.39, 0.29) is 23.4 Å². The zero-order valence-electron chi connectivity index (χ0n) is 11.0. The molecule has 0 aliphatic heterocycles. The van der Waals surface area contributed by atoms with Gasteiger partial charge in [0.1, 0.15) is 11.8 Å². The summed E-state index contributed by atoms with van der Waals surface area (Å²) in [5.41, 5.74) is -0.856. The number of nitriles is 1. The molecule has 0 aromatic carbocycles. The minimum absolute atomic E-state index is 0.0299. The van der Waals surface area contributed by atoms with Gasteiger partial charge in [-0.15, -0.1) is 10.2 Å². The van der Waals surface area contributed by atoms with E-state index in [2.05, 4.69) is 15.2 Å². The molecule has 2 aromatic heterocycles. The Kier molecular flexibility index (Phi) is 3.29. The second-order valence-corrected chi connectivity index (χ2v) is 4.97. The topological polar surface area (TPSA) is 115 Å². The minimum atomic E-state index is -2.47. The average Bonchev–Trinajstić information content (AvgIpc) is 3.27. The number of nitrogens with zero attached hydrogens (tertiary/aromatic N) is 3. The lowest BCUT2D eigenvalue weighted by Gasteiger charge is -2.05. The molecule has 1 fully saturated rings. The minimum Gasteiger partial charge on any atom is -0.313 e. The number of hydrogen-bond acceptors (Lipinski definition) is 5. The molecule has 0 unspecified atom stereocenters. The second kappa shape index (κ2) is 5.14. The van der Waals surface area contributed by atoms with E-state index in [0.29, 0.717) is 5.56 Å². The lowest BCUT2D eigenvalue weighted by Crippen LogP contribution is -2.23. The maximum atomic E-state index is 12.7. The summed E-state index contributed by atoms with van der Waals surface area (Å²) < 4.78 is 25.4. The van der Waals surface area contributed by atoms with Gasteiger partial charge in [-0.25, -0.2) is 13.6 Å². The van der Waals surface area contributed by atoms with Crippen molar-refractivity contribution in [3.8, 4) is 17.3 Å². The number of H-pyrrole nitrogens is 2. The van der Waals surface area contributed by atoms with Crippen molar-refractivity contribution >= 4 is 0 Å². The Morgan fingerprint density at radius 3 is 2.73 bits per heavy atom. The highest BCUT2D eigenvalue weighted by atomic mass is 19.3. The number of aromatic amines is 2. The molecule has 3 rings (SSSR count). The number of halogens is 2. The van der Waals surface area contributed by atoms with Gasteiger partial charge in [0.05, 0.1) is 5.56 Å². The fourth-order valence-corrected chi connectivity index (χ4v) is 2.36. The van der Waals surface area contributed by atoms with E-state index in [1.165, 1.54) is 12.3 Å². The van der Waals surface area contributed by atoms with Crippen LogP contribution in [0.15, 0.2) is 21.9 Å². The lowest BCUT2D eigenvalue weighted by atomic mass is 10.1. The number of alkyl halides is 2. The van der Waals surface area contributed by atoms with Gasteiger partial charge in [0.15, 0.2) is 5.69 Å². The first-order valence-electron chi connectivity index (χ1n) is 6.39. The molecule has 0 saturated heterocycles. The first kappa shape index (κ1) is 14.1. The molecule has 0 amide bonds. The molecular weight excluding hydrogens is 296 g/mol. The van der Waals surface area contributed by atoms with Crippen LogP contribution in [0.25, 0.3) is 11.3 Å². The summed E-state index contributed by atoms with van der Waals surface area (Å²) >= 11 is 0. The Labute approximate surface area is 121 Å². The van der Waals surface area contributed by atoms with Crippen molar-refractivity contribution in [3.63, 3.8) is 0 Å². The van der Waals surface area contributed by atoms with E-state index in [1.54, 1.807) is 0 Å². The highest BCUT2D eigenvalue weighted by Gasteiger charge is 2.46. The van der Waals surface area contributed by atoms with Crippen LogP contribution in [0.4, 0.5) is 8.78 Å². The van der Waals surface area contributed by atoms with E-state index < -0.39 is 29.5 Å². The summed E-state index contributed by atoms with van der Waals surface area (Å²) in [6.45, 7) is 0. The van der Waals surface area contributed by atoms with Crippen molar-refractivity contribution in [3.05, 3.63) is 44.4 Å². The molecule has 2 atom stereocenters. The Bertz CT molecular complexity index is 883. The summed E-state index contributed by atoms with van der Waals surface area (Å²) in [5, 5.41) is 16.5. The van der Waals surface area contributed by atoms with Crippen molar-refractivity contribution in [2.24, 2.45) is 5.92 Å². The van der Waals surface area contributed by atoms with Crippen LogP contribution in [0.2, 0.25) is 0 Å². The molecular formula is C13H9F2N5O2. The van der Waals surface area contributed by atoms with Gasteiger partial charge >= 0.3 is 5.69 Å². The average molecular weight is 305 g/mol. The van der Waals surface area contributed by atoms with E-state index in [0.717, 1.165) is 0 Å². The molecule has 112 valence electrons. The maximum Gasteiger partial charge on any atom is 0.325 e. The zero-order chi connectivity index (χ0) is 15.9. The van der Waals surface area contributed by atoms with Crippen molar-refractivity contribution in [1.82, 2.24) is 20.2 Å². The van der Waals surface area contributed by atoms with E-state index in [9.17, 15) is 18.4 Å². The third-order valence-corrected chi connectivity index (χ3v) is 3.59. The zero-order valence-corrected chi connectivity index (χ0v) is 11.0. The first-order valence-corrected chi connectivity index (χ1v) is 6.39. The molecule has 22 heavy (non-hydrogen) atoms. The molecule has 2 heterocycles. The van der Waals surface area contributed by atoms with Crippen molar-refractivity contribution in [2.75, 3.05) is 0 Å². The number of nitrogens with one attached hydrogen (secondary N) is 2. The van der Waals surface area contributed by atoms with Gasteiger partial charge in [-0.2, -0.15) is 5.26 Å². The fourth-order valence-electron chi connectivity index (χ4n) is 2.36. The number of rotatable bonds is 3. The van der Waals surface area contributed by atoms with Crippen LogP contribution in [-0.2, 0) is 0 Å².